The number of rotatable bonds is 5. The normalized spacial score (nSPS) is 19.7. The number of anilines is 2. The fourth-order valence-electron chi connectivity index (χ4n) is 5.00. The lowest BCUT2D eigenvalue weighted by Crippen LogP contribution is -2.50. The van der Waals surface area contributed by atoms with Gasteiger partial charge in [-0.15, -0.1) is 0 Å². The van der Waals surface area contributed by atoms with Gasteiger partial charge in [-0.1, -0.05) is 0 Å². The molecule has 12 heteroatoms. The minimum atomic E-state index is -4.39. The Bertz CT molecular complexity index is 1370. The first-order valence-electron chi connectivity index (χ1n) is 12.1. The molecule has 38 heavy (non-hydrogen) atoms. The largest absolute Gasteiger partial charge is 0.477 e. The molecule has 1 aromatic carbocycles. The summed E-state index contributed by atoms with van der Waals surface area (Å²) in [6.07, 6.45) is 0.180. The first-order chi connectivity index (χ1) is 18.1. The number of fused-ring (bicyclic) bond motifs is 1. The Morgan fingerprint density at radius 3 is 2.55 bits per heavy atom. The van der Waals surface area contributed by atoms with Crippen molar-refractivity contribution in [2.75, 3.05) is 11.9 Å². The summed E-state index contributed by atoms with van der Waals surface area (Å²) in [5.41, 5.74) is 1.73. The van der Waals surface area contributed by atoms with Crippen LogP contribution in [0.3, 0.4) is 0 Å². The lowest BCUT2D eigenvalue weighted by Gasteiger charge is -2.41. The third kappa shape index (κ3) is 5.30. The van der Waals surface area contributed by atoms with Crippen LogP contribution in [0, 0.1) is 0 Å². The number of halogens is 3. The molecular weight excluding hydrogens is 501 g/mol. The molecule has 1 amide bonds. The summed E-state index contributed by atoms with van der Waals surface area (Å²) in [5.74, 6) is -1.08. The average Bonchev–Trinajstić information content (AvgIpc) is 3.32. The Morgan fingerprint density at radius 1 is 1.11 bits per heavy atom. The lowest BCUT2D eigenvalue weighted by molar-refractivity contribution is -0.137. The van der Waals surface area contributed by atoms with Gasteiger partial charge in [0.2, 0.25) is 5.95 Å². The van der Waals surface area contributed by atoms with E-state index in [4.69, 9.17) is 5.11 Å². The highest BCUT2D eigenvalue weighted by Crippen LogP contribution is 2.32. The molecule has 198 valence electrons. The number of carboxylic acid groups (broad SMARTS) is 1. The Morgan fingerprint density at radius 2 is 1.87 bits per heavy atom. The smallest absolute Gasteiger partial charge is 0.416 e. The topological polar surface area (TPSA) is 112 Å². The summed E-state index contributed by atoms with van der Waals surface area (Å²) < 4.78 is 38.4. The number of carbonyl (C=O) groups excluding carboxylic acids is 1. The molecule has 0 unspecified atom stereocenters. The molecule has 2 aliphatic rings. The van der Waals surface area contributed by atoms with Crippen LogP contribution in [0.1, 0.15) is 57.4 Å². The van der Waals surface area contributed by atoms with Crippen molar-refractivity contribution in [2.24, 2.45) is 0 Å². The number of hydrogen-bond acceptors (Lipinski definition) is 7. The second-order valence-corrected chi connectivity index (χ2v) is 9.53. The van der Waals surface area contributed by atoms with Crippen molar-refractivity contribution in [3.05, 3.63) is 76.9 Å². The maximum atomic E-state index is 13.1. The van der Waals surface area contributed by atoms with Gasteiger partial charge in [-0.05, 0) is 56.2 Å². The van der Waals surface area contributed by atoms with Crippen molar-refractivity contribution in [2.45, 2.75) is 51.1 Å². The molecule has 4 heterocycles. The molecular formula is C26H25F3N6O3. The molecule has 0 radical (unpaired) electrons. The van der Waals surface area contributed by atoms with E-state index < -0.39 is 17.7 Å². The van der Waals surface area contributed by atoms with Crippen LogP contribution < -0.4 is 5.32 Å². The zero-order valence-electron chi connectivity index (χ0n) is 20.4. The number of nitrogens with zero attached hydrogens (tertiary/aromatic N) is 5. The fourth-order valence-corrected chi connectivity index (χ4v) is 5.00. The number of carbonyl (C=O) groups is 2. The zero-order chi connectivity index (χ0) is 27.0. The molecule has 2 aromatic heterocycles. The second-order valence-electron chi connectivity index (χ2n) is 9.53. The maximum absolute atomic E-state index is 13.1. The molecule has 1 saturated heterocycles. The van der Waals surface area contributed by atoms with E-state index in [0.29, 0.717) is 36.8 Å². The van der Waals surface area contributed by atoms with Gasteiger partial charge in [-0.3, -0.25) is 9.69 Å². The van der Waals surface area contributed by atoms with E-state index >= 15 is 0 Å². The molecule has 0 spiro atoms. The number of benzene rings is 1. The predicted molar refractivity (Wildman–Crippen MR) is 131 cm³/mol. The lowest BCUT2D eigenvalue weighted by atomic mass is 9.96. The number of alkyl halides is 3. The molecule has 9 nitrogen and oxygen atoms in total. The molecule has 2 N–H and O–H groups in total. The van der Waals surface area contributed by atoms with Crippen molar-refractivity contribution >= 4 is 23.5 Å². The quantitative estimate of drug-likeness (QED) is 0.505. The average molecular weight is 527 g/mol. The number of carboxylic acids is 1. The number of aromatic nitrogens is 3. The number of piperidine rings is 1. The van der Waals surface area contributed by atoms with E-state index in [1.54, 1.807) is 11.1 Å². The van der Waals surface area contributed by atoms with Crippen molar-refractivity contribution in [1.82, 2.24) is 24.8 Å². The highest BCUT2D eigenvalue weighted by molar-refractivity contribution is 5.96. The number of likely N-dealkylation sites (tertiary alicyclic amines) is 1. The van der Waals surface area contributed by atoms with Gasteiger partial charge in [0.1, 0.15) is 5.69 Å². The van der Waals surface area contributed by atoms with Gasteiger partial charge in [-0.2, -0.15) is 13.2 Å². The molecule has 2 atom stereocenters. The van der Waals surface area contributed by atoms with E-state index in [1.807, 2.05) is 6.92 Å². The van der Waals surface area contributed by atoms with Crippen LogP contribution in [0.5, 0.6) is 0 Å². The first-order valence-corrected chi connectivity index (χ1v) is 12.1. The van der Waals surface area contributed by atoms with E-state index in [9.17, 15) is 22.8 Å². The molecule has 3 aromatic rings. The molecule has 0 saturated carbocycles. The van der Waals surface area contributed by atoms with Crippen LogP contribution >= 0.6 is 0 Å². The summed E-state index contributed by atoms with van der Waals surface area (Å²) in [4.78, 5) is 41.0. The second kappa shape index (κ2) is 10.0. The van der Waals surface area contributed by atoms with Gasteiger partial charge >= 0.3 is 12.1 Å². The van der Waals surface area contributed by atoms with Gasteiger partial charge in [0, 0.05) is 60.9 Å². The standard InChI is InChI=1S/C26H25F3N6O3/c1-15-10-20(7-9-35(15)23(36)16-6-8-30-21(11-16)24(37)38)34-13-17-12-31-25(33-22(17)14-34)32-19-4-2-18(3-5-19)26(27,28)29/h2-6,8,11-12,15,20H,7,9-10,13-14H2,1H3,(H,37,38)(H,31,32,33)/t15-,20-/m1/s1. The SMILES string of the molecule is C[C@@H]1C[C@H](N2Cc3cnc(Nc4ccc(C(F)(F)F)cc4)nc3C2)CCN1C(=O)c1ccnc(C(=O)O)c1. The minimum absolute atomic E-state index is 0.0469. The summed E-state index contributed by atoms with van der Waals surface area (Å²) in [7, 11) is 0. The van der Waals surface area contributed by atoms with Crippen molar-refractivity contribution in [3.63, 3.8) is 0 Å². The number of hydrogen-bond donors (Lipinski definition) is 2. The van der Waals surface area contributed by atoms with Crippen LogP contribution in [0.2, 0.25) is 0 Å². The van der Waals surface area contributed by atoms with Gasteiger partial charge in [0.05, 0.1) is 11.3 Å². The third-order valence-corrected chi connectivity index (χ3v) is 7.00. The van der Waals surface area contributed by atoms with Crippen LogP contribution in [0.15, 0.2) is 48.8 Å². The zero-order valence-corrected chi connectivity index (χ0v) is 20.4. The number of pyridine rings is 1. The van der Waals surface area contributed by atoms with E-state index in [-0.39, 0.29) is 23.7 Å². The maximum Gasteiger partial charge on any atom is 0.416 e. The van der Waals surface area contributed by atoms with Gasteiger partial charge in [0.15, 0.2) is 0 Å². The summed E-state index contributed by atoms with van der Waals surface area (Å²) >= 11 is 0. The minimum Gasteiger partial charge on any atom is -0.477 e. The van der Waals surface area contributed by atoms with Crippen LogP contribution in [-0.4, -0.2) is 60.4 Å². The molecule has 2 aliphatic heterocycles. The summed E-state index contributed by atoms with van der Waals surface area (Å²) in [6.45, 7) is 3.80. The Hall–Kier alpha value is -4.06. The fraction of sp³-hybridized carbons (Fsp3) is 0.346. The molecule has 5 rings (SSSR count). The Balaban J connectivity index is 1.20. The molecule has 0 aliphatic carbocycles. The number of aromatic carboxylic acids is 1. The number of nitrogens with one attached hydrogen (secondary N) is 1. The van der Waals surface area contributed by atoms with E-state index in [0.717, 1.165) is 36.2 Å². The highest BCUT2D eigenvalue weighted by atomic mass is 19.4. The Labute approximate surface area is 216 Å². The monoisotopic (exact) mass is 526 g/mol. The van der Waals surface area contributed by atoms with Crippen LogP contribution in [-0.2, 0) is 19.3 Å². The van der Waals surface area contributed by atoms with Crippen molar-refractivity contribution in [1.29, 1.82) is 0 Å². The van der Waals surface area contributed by atoms with Gasteiger partial charge in [0.25, 0.3) is 5.91 Å². The van der Waals surface area contributed by atoms with Crippen LogP contribution in [0.4, 0.5) is 24.8 Å². The van der Waals surface area contributed by atoms with E-state index in [1.165, 1.54) is 30.5 Å². The van der Waals surface area contributed by atoms with Crippen molar-refractivity contribution < 1.29 is 27.9 Å². The van der Waals surface area contributed by atoms with Gasteiger partial charge in [-0.25, -0.2) is 19.7 Å². The van der Waals surface area contributed by atoms with Crippen LogP contribution in [0.25, 0.3) is 0 Å². The third-order valence-electron chi connectivity index (χ3n) is 7.00. The van der Waals surface area contributed by atoms with Gasteiger partial charge < -0.3 is 15.3 Å². The molecule has 0 bridgehead atoms. The predicted octanol–water partition coefficient (Wildman–Crippen LogP) is 4.34. The summed E-state index contributed by atoms with van der Waals surface area (Å²) in [5, 5.41) is 12.1. The molecule has 1 fully saturated rings. The number of amides is 1. The highest BCUT2D eigenvalue weighted by Gasteiger charge is 2.35. The summed E-state index contributed by atoms with van der Waals surface area (Å²) in [6, 6.07) is 7.71. The first kappa shape index (κ1) is 25.6. The Kier molecular flexibility index (Phi) is 6.74. The van der Waals surface area contributed by atoms with E-state index in [2.05, 4.69) is 25.2 Å². The van der Waals surface area contributed by atoms with Crippen molar-refractivity contribution in [3.8, 4) is 0 Å².